The number of halogens is 3. The van der Waals surface area contributed by atoms with Gasteiger partial charge in [0.1, 0.15) is 0 Å². The summed E-state index contributed by atoms with van der Waals surface area (Å²) in [4.78, 5) is 34.1. The van der Waals surface area contributed by atoms with Gasteiger partial charge in [-0.05, 0) is 18.2 Å². The number of nitrogens with one attached hydrogen (secondary N) is 1. The summed E-state index contributed by atoms with van der Waals surface area (Å²) in [5.74, 6) is -2.35. The standard InChI is InChI=1S/C11H7F3N2O4/c12-11(13,14)6-1-5(9(18)19)2-7(3-6)16-8(17)4-15-10(16)20/h1-3H,4H2,(H,15,20)(H,18,19). The predicted molar refractivity (Wildman–Crippen MR) is 59.3 cm³/mol. The molecule has 1 aromatic carbocycles. The molecule has 0 spiro atoms. The van der Waals surface area contributed by atoms with Gasteiger partial charge in [0.15, 0.2) is 0 Å². The minimum atomic E-state index is -4.79. The van der Waals surface area contributed by atoms with Gasteiger partial charge in [0.05, 0.1) is 23.4 Å². The van der Waals surface area contributed by atoms with Crippen molar-refractivity contribution in [1.29, 1.82) is 0 Å². The fourth-order valence-electron chi connectivity index (χ4n) is 1.71. The zero-order chi connectivity index (χ0) is 15.1. The molecule has 0 radical (unpaired) electrons. The van der Waals surface area contributed by atoms with Crippen LogP contribution in [-0.2, 0) is 11.0 Å². The second kappa shape index (κ2) is 4.51. The van der Waals surface area contributed by atoms with E-state index in [0.29, 0.717) is 17.0 Å². The Morgan fingerprint density at radius 3 is 2.35 bits per heavy atom. The van der Waals surface area contributed by atoms with E-state index in [4.69, 9.17) is 5.11 Å². The first-order valence-electron chi connectivity index (χ1n) is 5.26. The number of nitrogens with zero attached hydrogens (tertiary/aromatic N) is 1. The lowest BCUT2D eigenvalue weighted by Crippen LogP contribution is -2.31. The average molecular weight is 288 g/mol. The van der Waals surface area contributed by atoms with Crippen LogP contribution in [0, 0.1) is 0 Å². The predicted octanol–water partition coefficient (Wildman–Crippen LogP) is 1.46. The van der Waals surface area contributed by atoms with E-state index >= 15 is 0 Å². The molecule has 1 saturated heterocycles. The molecule has 3 amide bonds. The number of carbonyl (C=O) groups is 3. The Hall–Kier alpha value is -2.58. The van der Waals surface area contributed by atoms with E-state index < -0.39 is 40.9 Å². The van der Waals surface area contributed by atoms with Crippen LogP contribution in [0.4, 0.5) is 23.7 Å². The number of benzene rings is 1. The second-order valence-electron chi connectivity index (χ2n) is 3.96. The van der Waals surface area contributed by atoms with Crippen molar-refractivity contribution in [3.8, 4) is 0 Å². The number of alkyl halides is 3. The number of hydrogen-bond acceptors (Lipinski definition) is 3. The highest BCUT2D eigenvalue weighted by Gasteiger charge is 2.35. The Kier molecular flexibility index (Phi) is 3.12. The van der Waals surface area contributed by atoms with Crippen molar-refractivity contribution < 1.29 is 32.7 Å². The summed E-state index contributed by atoms with van der Waals surface area (Å²) < 4.78 is 38.1. The molecule has 2 N–H and O–H groups in total. The molecule has 0 atom stereocenters. The van der Waals surface area contributed by atoms with Gasteiger partial charge in [0.2, 0.25) is 0 Å². The number of amides is 3. The van der Waals surface area contributed by atoms with Gasteiger partial charge in [-0.1, -0.05) is 0 Å². The lowest BCUT2D eigenvalue weighted by molar-refractivity contribution is -0.137. The average Bonchev–Trinajstić information content (AvgIpc) is 2.67. The van der Waals surface area contributed by atoms with E-state index in [1.807, 2.05) is 0 Å². The smallest absolute Gasteiger partial charge is 0.416 e. The van der Waals surface area contributed by atoms with Crippen molar-refractivity contribution in [2.24, 2.45) is 0 Å². The van der Waals surface area contributed by atoms with Crippen molar-refractivity contribution in [1.82, 2.24) is 5.32 Å². The highest BCUT2D eigenvalue weighted by atomic mass is 19.4. The molecule has 0 unspecified atom stereocenters. The maximum Gasteiger partial charge on any atom is 0.416 e. The minimum Gasteiger partial charge on any atom is -0.478 e. The lowest BCUT2D eigenvalue weighted by atomic mass is 10.1. The Bertz CT molecular complexity index is 596. The minimum absolute atomic E-state index is 0.350. The van der Waals surface area contributed by atoms with Gasteiger partial charge >= 0.3 is 18.2 Å². The summed E-state index contributed by atoms with van der Waals surface area (Å²) in [6.45, 7) is -0.350. The molecule has 0 aliphatic carbocycles. The van der Waals surface area contributed by atoms with Crippen molar-refractivity contribution >= 4 is 23.6 Å². The first-order valence-corrected chi connectivity index (χ1v) is 5.26. The number of hydrogen-bond donors (Lipinski definition) is 2. The van der Waals surface area contributed by atoms with E-state index in [-0.39, 0.29) is 6.54 Å². The van der Waals surface area contributed by atoms with Crippen molar-refractivity contribution in [2.45, 2.75) is 6.18 Å². The molecule has 1 fully saturated rings. The highest BCUT2D eigenvalue weighted by Crippen LogP contribution is 2.33. The van der Waals surface area contributed by atoms with Crippen LogP contribution in [0.3, 0.4) is 0 Å². The Balaban J connectivity index is 2.58. The van der Waals surface area contributed by atoms with E-state index in [1.54, 1.807) is 0 Å². The maximum absolute atomic E-state index is 12.7. The van der Waals surface area contributed by atoms with Gasteiger partial charge in [-0.15, -0.1) is 0 Å². The van der Waals surface area contributed by atoms with Gasteiger partial charge in [-0.2, -0.15) is 13.2 Å². The number of carboxylic acids is 1. The summed E-state index contributed by atoms with van der Waals surface area (Å²) in [6, 6.07) is 0.922. The summed E-state index contributed by atoms with van der Waals surface area (Å²) in [5, 5.41) is 10.9. The third kappa shape index (κ3) is 2.42. The van der Waals surface area contributed by atoms with Gasteiger partial charge < -0.3 is 10.4 Å². The van der Waals surface area contributed by atoms with E-state index in [9.17, 15) is 27.6 Å². The molecule has 1 aromatic rings. The Morgan fingerprint density at radius 1 is 1.25 bits per heavy atom. The van der Waals surface area contributed by atoms with Crippen molar-refractivity contribution in [2.75, 3.05) is 11.4 Å². The molecule has 6 nitrogen and oxygen atoms in total. The normalized spacial score (nSPS) is 15.4. The molecule has 0 bridgehead atoms. The van der Waals surface area contributed by atoms with Crippen LogP contribution in [0.5, 0.6) is 0 Å². The van der Waals surface area contributed by atoms with Crippen molar-refractivity contribution in [3.63, 3.8) is 0 Å². The van der Waals surface area contributed by atoms with Crippen LogP contribution in [0.15, 0.2) is 18.2 Å². The number of carboxylic acid groups (broad SMARTS) is 1. The summed E-state index contributed by atoms with van der Waals surface area (Å²) in [6.07, 6.45) is -4.79. The lowest BCUT2D eigenvalue weighted by Gasteiger charge is -2.16. The van der Waals surface area contributed by atoms with Gasteiger partial charge in [0, 0.05) is 0 Å². The van der Waals surface area contributed by atoms with Gasteiger partial charge in [0.25, 0.3) is 5.91 Å². The van der Waals surface area contributed by atoms with Crippen molar-refractivity contribution in [3.05, 3.63) is 29.3 Å². The highest BCUT2D eigenvalue weighted by molar-refractivity contribution is 6.20. The molecule has 9 heteroatoms. The van der Waals surface area contributed by atoms with Crippen LogP contribution >= 0.6 is 0 Å². The Morgan fingerprint density at radius 2 is 1.90 bits per heavy atom. The third-order valence-corrected chi connectivity index (χ3v) is 2.59. The SMILES string of the molecule is O=C(O)c1cc(N2C(=O)CNC2=O)cc(C(F)(F)F)c1. The second-order valence-corrected chi connectivity index (χ2v) is 3.96. The Labute approximate surface area is 109 Å². The number of anilines is 1. The zero-order valence-corrected chi connectivity index (χ0v) is 9.69. The van der Waals surface area contributed by atoms with Gasteiger partial charge in [-0.25, -0.2) is 14.5 Å². The molecular weight excluding hydrogens is 281 g/mol. The van der Waals surface area contributed by atoms with Gasteiger partial charge in [-0.3, -0.25) is 4.79 Å². The zero-order valence-electron chi connectivity index (χ0n) is 9.69. The van der Waals surface area contributed by atoms with Crippen LogP contribution < -0.4 is 10.2 Å². The molecule has 1 heterocycles. The molecule has 1 aliphatic rings. The number of aromatic carboxylic acids is 1. The topological polar surface area (TPSA) is 86.7 Å². The molecule has 20 heavy (non-hydrogen) atoms. The summed E-state index contributed by atoms with van der Waals surface area (Å²) >= 11 is 0. The first kappa shape index (κ1) is 13.8. The largest absolute Gasteiger partial charge is 0.478 e. The molecule has 2 rings (SSSR count). The number of urea groups is 1. The van der Waals surface area contributed by atoms with E-state index in [2.05, 4.69) is 5.32 Å². The van der Waals surface area contributed by atoms with Crippen LogP contribution in [-0.4, -0.2) is 29.6 Å². The quantitative estimate of drug-likeness (QED) is 0.807. The van der Waals surface area contributed by atoms with E-state index in [0.717, 1.165) is 6.07 Å². The fraction of sp³-hybridized carbons (Fsp3) is 0.182. The van der Waals surface area contributed by atoms with Crippen LogP contribution in [0.25, 0.3) is 0 Å². The fourth-order valence-corrected chi connectivity index (χ4v) is 1.71. The maximum atomic E-state index is 12.7. The molecule has 1 aliphatic heterocycles. The van der Waals surface area contributed by atoms with Crippen LogP contribution in [0.2, 0.25) is 0 Å². The number of carbonyl (C=O) groups excluding carboxylic acids is 2. The molecule has 0 saturated carbocycles. The van der Waals surface area contributed by atoms with Crippen LogP contribution in [0.1, 0.15) is 15.9 Å². The van der Waals surface area contributed by atoms with E-state index in [1.165, 1.54) is 0 Å². The molecule has 106 valence electrons. The monoisotopic (exact) mass is 288 g/mol. The summed E-state index contributed by atoms with van der Waals surface area (Å²) in [7, 11) is 0. The third-order valence-electron chi connectivity index (χ3n) is 2.59. The number of imide groups is 1. The molecule has 0 aromatic heterocycles. The molecular formula is C11H7F3N2O4. The summed E-state index contributed by atoms with van der Waals surface area (Å²) in [5.41, 5.74) is -2.35. The first-order chi connectivity index (χ1) is 9.20. The number of rotatable bonds is 2.